The van der Waals surface area contributed by atoms with E-state index in [9.17, 15) is 4.79 Å². The number of thiophene rings is 1. The summed E-state index contributed by atoms with van der Waals surface area (Å²) in [7, 11) is 0. The topological polar surface area (TPSA) is 61.4 Å². The molecule has 1 atom stereocenters. The first-order valence-corrected chi connectivity index (χ1v) is 12.6. The molecular weight excluding hydrogens is 440 g/mol. The quantitative estimate of drug-likeness (QED) is 0.298. The molecule has 1 aromatic carbocycles. The minimum Gasteiger partial charge on any atom is -0.372 e. The van der Waals surface area contributed by atoms with Gasteiger partial charge in [0.25, 0.3) is 5.56 Å². The lowest BCUT2D eigenvalue weighted by Crippen LogP contribution is -2.28. The van der Waals surface area contributed by atoms with Crippen LogP contribution in [0.3, 0.4) is 0 Å². The molecule has 0 spiro atoms. The molecule has 0 radical (unpaired) electrons. The fourth-order valence-corrected chi connectivity index (χ4v) is 6.18. The van der Waals surface area contributed by atoms with E-state index in [-0.39, 0.29) is 11.7 Å². The van der Waals surface area contributed by atoms with Crippen molar-refractivity contribution in [1.82, 2.24) is 19.2 Å². The maximum absolute atomic E-state index is 13.9. The van der Waals surface area contributed by atoms with Crippen molar-refractivity contribution in [2.24, 2.45) is 5.92 Å². The van der Waals surface area contributed by atoms with Crippen LogP contribution in [0.1, 0.15) is 36.8 Å². The average molecular weight is 467 g/mol. The molecule has 0 saturated heterocycles. The third kappa shape index (κ3) is 3.70. The summed E-state index contributed by atoms with van der Waals surface area (Å²) >= 11 is 3.24. The normalized spacial score (nSPS) is 16.2. The molecule has 1 aliphatic heterocycles. The van der Waals surface area contributed by atoms with Gasteiger partial charge in [0, 0.05) is 17.1 Å². The Morgan fingerprint density at radius 2 is 2.09 bits per heavy atom. The summed E-state index contributed by atoms with van der Waals surface area (Å²) in [5.41, 5.74) is 3.26. The standard InChI is InChI=1S/C24H26N4O2S2/c1-14(2)13-31-24-26-25-23-27(11-16-8-6-5-7-9-16)21(29)20-17-10-18(15(3)4)30-12-19(17)32-22(20)28(23)24/h5-9,15,18H,1,10-13H2,2-4H3/t18-/m1/s1. The Hall–Kier alpha value is -2.42. The molecule has 0 amide bonds. The van der Waals surface area contributed by atoms with Gasteiger partial charge in [-0.2, -0.15) is 0 Å². The van der Waals surface area contributed by atoms with E-state index in [1.807, 2.05) is 37.3 Å². The molecule has 0 saturated carbocycles. The van der Waals surface area contributed by atoms with E-state index in [2.05, 4.69) is 35.0 Å². The average Bonchev–Trinajstić information content (AvgIpc) is 3.36. The zero-order chi connectivity index (χ0) is 22.4. The number of rotatable bonds is 6. The van der Waals surface area contributed by atoms with Crippen LogP contribution in [0.2, 0.25) is 0 Å². The van der Waals surface area contributed by atoms with Gasteiger partial charge in [-0.15, -0.1) is 21.5 Å². The number of nitrogens with zero attached hydrogens (tertiary/aromatic N) is 4. The van der Waals surface area contributed by atoms with Crippen LogP contribution in [0, 0.1) is 5.92 Å². The van der Waals surface area contributed by atoms with Gasteiger partial charge >= 0.3 is 0 Å². The van der Waals surface area contributed by atoms with Gasteiger partial charge in [-0.3, -0.25) is 9.36 Å². The molecular formula is C24H26N4O2S2. The van der Waals surface area contributed by atoms with Gasteiger partial charge in [-0.05, 0) is 24.0 Å². The molecule has 0 fully saturated rings. The van der Waals surface area contributed by atoms with Gasteiger partial charge in [0.15, 0.2) is 5.16 Å². The highest BCUT2D eigenvalue weighted by Gasteiger charge is 2.29. The molecule has 0 N–H and O–H groups in total. The van der Waals surface area contributed by atoms with Gasteiger partial charge < -0.3 is 4.74 Å². The van der Waals surface area contributed by atoms with Crippen LogP contribution < -0.4 is 5.56 Å². The lowest BCUT2D eigenvalue weighted by Gasteiger charge is -2.26. The Morgan fingerprint density at radius 1 is 1.31 bits per heavy atom. The molecule has 32 heavy (non-hydrogen) atoms. The summed E-state index contributed by atoms with van der Waals surface area (Å²) in [6.07, 6.45) is 0.881. The fraction of sp³-hybridized carbons (Fsp3) is 0.375. The third-order valence-electron chi connectivity index (χ3n) is 5.80. The van der Waals surface area contributed by atoms with E-state index >= 15 is 0 Å². The van der Waals surface area contributed by atoms with E-state index in [0.717, 1.165) is 49.1 Å². The van der Waals surface area contributed by atoms with Crippen LogP contribution in [0.4, 0.5) is 0 Å². The Balaban J connectivity index is 1.76. The predicted octanol–water partition coefficient (Wildman–Crippen LogP) is 4.92. The first-order valence-electron chi connectivity index (χ1n) is 10.8. The van der Waals surface area contributed by atoms with E-state index in [1.165, 1.54) is 0 Å². The largest absolute Gasteiger partial charge is 0.372 e. The smallest absolute Gasteiger partial charge is 0.264 e. The predicted molar refractivity (Wildman–Crippen MR) is 131 cm³/mol. The highest BCUT2D eigenvalue weighted by molar-refractivity contribution is 7.99. The lowest BCUT2D eigenvalue weighted by molar-refractivity contribution is 0.00200. The van der Waals surface area contributed by atoms with Crippen molar-refractivity contribution in [2.45, 2.75) is 51.6 Å². The second-order valence-corrected chi connectivity index (χ2v) is 10.7. The van der Waals surface area contributed by atoms with Crippen LogP contribution in [0.25, 0.3) is 16.0 Å². The van der Waals surface area contributed by atoms with Gasteiger partial charge in [-0.1, -0.05) is 68.1 Å². The van der Waals surface area contributed by atoms with Crippen molar-refractivity contribution >= 4 is 39.1 Å². The molecule has 5 rings (SSSR count). The number of benzene rings is 1. The maximum Gasteiger partial charge on any atom is 0.264 e. The van der Waals surface area contributed by atoms with E-state index < -0.39 is 0 Å². The van der Waals surface area contributed by atoms with Crippen molar-refractivity contribution in [3.05, 3.63) is 68.8 Å². The number of hydrogen-bond acceptors (Lipinski definition) is 6. The van der Waals surface area contributed by atoms with Crippen LogP contribution in [0.5, 0.6) is 0 Å². The molecule has 6 nitrogen and oxygen atoms in total. The Labute approximate surface area is 194 Å². The molecule has 4 aromatic rings. The first-order chi connectivity index (χ1) is 15.4. The maximum atomic E-state index is 13.9. The summed E-state index contributed by atoms with van der Waals surface area (Å²) in [6.45, 7) is 11.4. The molecule has 4 heterocycles. The van der Waals surface area contributed by atoms with E-state index in [4.69, 9.17) is 4.74 Å². The van der Waals surface area contributed by atoms with Crippen molar-refractivity contribution in [3.8, 4) is 0 Å². The Morgan fingerprint density at radius 3 is 2.81 bits per heavy atom. The summed E-state index contributed by atoms with van der Waals surface area (Å²) in [5, 5.41) is 10.5. The molecule has 0 bridgehead atoms. The minimum absolute atomic E-state index is 0.00195. The second-order valence-electron chi connectivity index (χ2n) is 8.72. The first kappa shape index (κ1) is 21.4. The Kier molecular flexibility index (Phi) is 5.69. The van der Waals surface area contributed by atoms with E-state index in [1.54, 1.807) is 27.7 Å². The Bertz CT molecular complexity index is 1370. The molecule has 1 aliphatic rings. The summed E-state index contributed by atoms with van der Waals surface area (Å²) < 4.78 is 9.93. The summed E-state index contributed by atoms with van der Waals surface area (Å²) in [6, 6.07) is 10.0. The highest BCUT2D eigenvalue weighted by Crippen LogP contribution is 2.37. The number of fused-ring (bicyclic) bond motifs is 5. The minimum atomic E-state index is 0.00195. The van der Waals surface area contributed by atoms with Crippen molar-refractivity contribution in [1.29, 1.82) is 0 Å². The monoisotopic (exact) mass is 466 g/mol. The van der Waals surface area contributed by atoms with Crippen LogP contribution in [-0.4, -0.2) is 31.0 Å². The summed E-state index contributed by atoms with van der Waals surface area (Å²) in [5.74, 6) is 1.73. The van der Waals surface area contributed by atoms with Crippen LogP contribution in [-0.2, 0) is 24.3 Å². The van der Waals surface area contributed by atoms with Crippen molar-refractivity contribution in [3.63, 3.8) is 0 Å². The van der Waals surface area contributed by atoms with Crippen LogP contribution >= 0.6 is 23.1 Å². The number of hydrogen-bond donors (Lipinski definition) is 0. The van der Waals surface area contributed by atoms with Crippen molar-refractivity contribution < 1.29 is 4.74 Å². The van der Waals surface area contributed by atoms with Crippen LogP contribution in [0.15, 0.2) is 52.4 Å². The SMILES string of the molecule is C=C(C)CSc1nnc2n(Cc3ccccc3)c(=O)c3c4c(sc3n12)CO[C@@H](C(C)C)C4. The van der Waals surface area contributed by atoms with Gasteiger partial charge in [0.2, 0.25) is 5.78 Å². The molecule has 0 aliphatic carbocycles. The molecule has 3 aromatic heterocycles. The number of ether oxygens (including phenoxy) is 1. The third-order valence-corrected chi connectivity index (χ3v) is 8.15. The molecule has 0 unspecified atom stereocenters. The summed E-state index contributed by atoms with van der Waals surface area (Å²) in [4.78, 5) is 15.9. The van der Waals surface area contributed by atoms with Crippen molar-refractivity contribution in [2.75, 3.05) is 5.75 Å². The molecule has 8 heteroatoms. The fourth-order valence-electron chi connectivity index (χ4n) is 4.11. The molecule has 166 valence electrons. The van der Waals surface area contributed by atoms with Gasteiger partial charge in [-0.25, -0.2) is 4.40 Å². The van der Waals surface area contributed by atoms with E-state index in [0.29, 0.717) is 24.8 Å². The zero-order valence-electron chi connectivity index (χ0n) is 18.5. The lowest BCUT2D eigenvalue weighted by atomic mass is 9.96. The number of aromatic nitrogens is 4. The highest BCUT2D eigenvalue weighted by atomic mass is 32.2. The number of thioether (sulfide) groups is 1. The second kappa shape index (κ2) is 8.50. The van der Waals surface area contributed by atoms with Gasteiger partial charge in [0.1, 0.15) is 4.83 Å². The van der Waals surface area contributed by atoms with Gasteiger partial charge in [0.05, 0.1) is 24.6 Å². The zero-order valence-corrected chi connectivity index (χ0v) is 20.1.